The third-order valence-electron chi connectivity index (χ3n) is 7.05. The highest BCUT2D eigenvalue weighted by Gasteiger charge is 2.48. The number of carbonyl (C=O) groups is 2. The van der Waals surface area contributed by atoms with E-state index in [2.05, 4.69) is 20.5 Å². The molecule has 2 N–H and O–H groups in total. The summed E-state index contributed by atoms with van der Waals surface area (Å²) in [5.41, 5.74) is 9.83. The number of pyridine rings is 1. The van der Waals surface area contributed by atoms with Crippen LogP contribution >= 0.6 is 0 Å². The van der Waals surface area contributed by atoms with Gasteiger partial charge in [-0.1, -0.05) is 19.3 Å². The van der Waals surface area contributed by atoms with E-state index < -0.39 is 0 Å². The fraction of sp³-hybridized carbons (Fsp3) is 0.545. The number of tetrazole rings is 1. The molecule has 1 saturated heterocycles. The Morgan fingerprint density at radius 1 is 1.22 bits per heavy atom. The molecule has 32 heavy (non-hydrogen) atoms. The van der Waals surface area contributed by atoms with Crippen molar-refractivity contribution in [2.75, 3.05) is 13.2 Å². The fourth-order valence-corrected chi connectivity index (χ4v) is 5.15. The second-order valence-corrected chi connectivity index (χ2v) is 8.91. The molecule has 2 aromatic heterocycles. The summed E-state index contributed by atoms with van der Waals surface area (Å²) in [5.74, 6) is 0.695. The topological polar surface area (TPSA) is 129 Å². The third-order valence-corrected chi connectivity index (χ3v) is 7.05. The predicted molar refractivity (Wildman–Crippen MR) is 116 cm³/mol. The SMILES string of the molecule is CC1=C(N2CCC3(CCCCC3)C2=O)COC1=O.NCc1cnc2c(c1)Cn1nnnc1-2.[HH]. The van der Waals surface area contributed by atoms with Crippen LogP contribution in [-0.4, -0.2) is 55.1 Å². The Labute approximate surface area is 187 Å². The zero-order chi connectivity index (χ0) is 22.3. The van der Waals surface area contributed by atoms with Crippen molar-refractivity contribution >= 4 is 11.9 Å². The lowest BCUT2D eigenvalue weighted by Gasteiger charge is -2.31. The zero-order valence-corrected chi connectivity index (χ0v) is 18.2. The summed E-state index contributed by atoms with van der Waals surface area (Å²) in [6.07, 6.45) is 8.31. The van der Waals surface area contributed by atoms with Gasteiger partial charge in [0, 0.05) is 26.3 Å². The molecular formula is C22H29N7O3. The number of nitrogens with two attached hydrogens (primary N) is 1. The van der Waals surface area contributed by atoms with E-state index in [1.807, 2.05) is 11.0 Å². The molecule has 3 aliphatic heterocycles. The standard InChI is InChI=1S/C14H19NO3.C8H8N6.H2/c1-10-11(9-18-12(10)16)15-8-7-14(13(15)17)5-3-2-4-6-14;9-2-5-1-6-4-14-8(11-12-13-14)7(6)10-3-5;/h2-9H2,1H3;1,3H,2,4,9H2;1H. The molecule has 0 radical (unpaired) electrons. The Morgan fingerprint density at radius 3 is 2.75 bits per heavy atom. The zero-order valence-electron chi connectivity index (χ0n) is 18.2. The van der Waals surface area contributed by atoms with Gasteiger partial charge in [-0.05, 0) is 48.2 Å². The first-order valence-electron chi connectivity index (χ1n) is 11.2. The molecule has 1 aliphatic carbocycles. The van der Waals surface area contributed by atoms with Crippen LogP contribution in [0.2, 0.25) is 0 Å². The van der Waals surface area contributed by atoms with Crippen molar-refractivity contribution in [1.29, 1.82) is 0 Å². The summed E-state index contributed by atoms with van der Waals surface area (Å²) in [6, 6.07) is 2.04. The normalized spacial score (nSPS) is 20.9. The van der Waals surface area contributed by atoms with Crippen LogP contribution in [0.15, 0.2) is 23.5 Å². The molecule has 1 saturated carbocycles. The molecule has 2 fully saturated rings. The number of hydrogen-bond donors (Lipinski definition) is 1. The van der Waals surface area contributed by atoms with E-state index in [1.54, 1.807) is 17.8 Å². The van der Waals surface area contributed by atoms with Gasteiger partial charge in [0.15, 0.2) is 0 Å². The Bertz CT molecular complexity index is 1110. The van der Waals surface area contributed by atoms with Gasteiger partial charge in [0.05, 0.1) is 23.2 Å². The molecule has 0 aromatic carbocycles. The number of nitrogens with zero attached hydrogens (tertiary/aromatic N) is 6. The van der Waals surface area contributed by atoms with E-state index in [0.717, 1.165) is 67.0 Å². The van der Waals surface area contributed by atoms with Crippen LogP contribution in [0.4, 0.5) is 0 Å². The van der Waals surface area contributed by atoms with Gasteiger partial charge in [-0.2, -0.15) is 0 Å². The monoisotopic (exact) mass is 439 g/mol. The molecule has 1 amide bonds. The van der Waals surface area contributed by atoms with Crippen molar-refractivity contribution in [1.82, 2.24) is 30.1 Å². The van der Waals surface area contributed by atoms with Crippen LogP contribution in [0.25, 0.3) is 11.5 Å². The first-order valence-corrected chi connectivity index (χ1v) is 11.2. The molecular weight excluding hydrogens is 410 g/mol. The van der Waals surface area contributed by atoms with E-state index in [4.69, 9.17) is 10.5 Å². The molecule has 10 nitrogen and oxygen atoms in total. The largest absolute Gasteiger partial charge is 0.456 e. The molecule has 170 valence electrons. The molecule has 0 unspecified atom stereocenters. The first kappa shape index (κ1) is 20.7. The minimum Gasteiger partial charge on any atom is -0.456 e. The van der Waals surface area contributed by atoms with Crippen molar-refractivity contribution in [3.05, 3.63) is 34.7 Å². The van der Waals surface area contributed by atoms with Crippen molar-refractivity contribution in [2.45, 2.75) is 58.5 Å². The van der Waals surface area contributed by atoms with Crippen molar-refractivity contribution in [2.24, 2.45) is 11.1 Å². The molecule has 0 bridgehead atoms. The van der Waals surface area contributed by atoms with Crippen molar-refractivity contribution in [3.8, 4) is 11.5 Å². The molecule has 5 heterocycles. The number of cyclic esters (lactones) is 1. The Balaban J connectivity index is 0.000000157. The van der Waals surface area contributed by atoms with Gasteiger partial charge < -0.3 is 15.4 Å². The number of rotatable bonds is 2. The second kappa shape index (κ2) is 8.09. The number of fused-ring (bicyclic) bond motifs is 3. The van der Waals surface area contributed by atoms with Crippen molar-refractivity contribution < 1.29 is 15.8 Å². The maximum atomic E-state index is 12.6. The van der Waals surface area contributed by atoms with Gasteiger partial charge >= 0.3 is 5.97 Å². The fourth-order valence-electron chi connectivity index (χ4n) is 5.15. The summed E-state index contributed by atoms with van der Waals surface area (Å²) in [6.45, 7) is 3.98. The van der Waals surface area contributed by atoms with E-state index in [9.17, 15) is 9.59 Å². The van der Waals surface area contributed by atoms with E-state index in [0.29, 0.717) is 18.7 Å². The first-order chi connectivity index (χ1) is 15.5. The van der Waals surface area contributed by atoms with Crippen LogP contribution in [0.1, 0.15) is 58.0 Å². The molecule has 6 rings (SSSR count). The van der Waals surface area contributed by atoms with Crippen LogP contribution < -0.4 is 5.73 Å². The van der Waals surface area contributed by atoms with Gasteiger partial charge in [-0.25, -0.2) is 9.48 Å². The van der Waals surface area contributed by atoms with E-state index in [1.165, 1.54) is 6.42 Å². The average molecular weight is 440 g/mol. The smallest absolute Gasteiger partial charge is 0.336 e. The van der Waals surface area contributed by atoms with E-state index in [-0.39, 0.29) is 25.3 Å². The quantitative estimate of drug-likeness (QED) is 0.599. The summed E-state index contributed by atoms with van der Waals surface area (Å²) < 4.78 is 6.74. The number of esters is 1. The number of likely N-dealkylation sites (tertiary alicyclic amines) is 1. The molecule has 10 heteroatoms. The maximum Gasteiger partial charge on any atom is 0.336 e. The summed E-state index contributed by atoms with van der Waals surface area (Å²) in [7, 11) is 0. The third kappa shape index (κ3) is 3.38. The van der Waals surface area contributed by atoms with Gasteiger partial charge in [-0.15, -0.1) is 5.10 Å². The van der Waals surface area contributed by atoms with Gasteiger partial charge in [0.1, 0.15) is 12.3 Å². The highest BCUT2D eigenvalue weighted by molar-refractivity contribution is 5.94. The minimum absolute atomic E-state index is 0. The van der Waals surface area contributed by atoms with E-state index >= 15 is 0 Å². The number of amides is 1. The number of ether oxygens (including phenoxy) is 1. The highest BCUT2D eigenvalue weighted by atomic mass is 16.5. The Morgan fingerprint density at radius 2 is 2.03 bits per heavy atom. The highest BCUT2D eigenvalue weighted by Crippen LogP contribution is 2.46. The molecule has 2 aromatic rings. The van der Waals surface area contributed by atoms with Crippen LogP contribution in [0, 0.1) is 5.41 Å². The second-order valence-electron chi connectivity index (χ2n) is 8.91. The summed E-state index contributed by atoms with van der Waals surface area (Å²) in [4.78, 5) is 30.2. The lowest BCUT2D eigenvalue weighted by atomic mass is 9.73. The summed E-state index contributed by atoms with van der Waals surface area (Å²) in [5, 5.41) is 11.3. The van der Waals surface area contributed by atoms with Gasteiger partial charge in [0.2, 0.25) is 11.7 Å². The Hall–Kier alpha value is -3.14. The van der Waals surface area contributed by atoms with Gasteiger partial charge in [0.25, 0.3) is 0 Å². The number of hydrogen-bond acceptors (Lipinski definition) is 8. The molecule has 1 spiro atoms. The summed E-state index contributed by atoms with van der Waals surface area (Å²) >= 11 is 0. The van der Waals surface area contributed by atoms with Crippen LogP contribution in [0.5, 0.6) is 0 Å². The van der Waals surface area contributed by atoms with Crippen LogP contribution in [0.3, 0.4) is 0 Å². The molecule has 0 atom stereocenters. The predicted octanol–water partition coefficient (Wildman–Crippen LogP) is 1.80. The lowest BCUT2D eigenvalue weighted by Crippen LogP contribution is -2.36. The number of carbonyl (C=O) groups excluding carboxylic acids is 2. The Kier molecular flexibility index (Phi) is 5.24. The van der Waals surface area contributed by atoms with Gasteiger partial charge in [-0.3, -0.25) is 9.78 Å². The lowest BCUT2D eigenvalue weighted by molar-refractivity contribution is -0.138. The number of aromatic nitrogens is 5. The average Bonchev–Trinajstić information content (AvgIpc) is 3.56. The van der Waals surface area contributed by atoms with Crippen molar-refractivity contribution in [3.63, 3.8) is 0 Å². The molecule has 4 aliphatic rings. The minimum atomic E-state index is -0.276. The van der Waals surface area contributed by atoms with Crippen LogP contribution in [-0.2, 0) is 27.4 Å². The maximum absolute atomic E-state index is 12.6.